The van der Waals surface area contributed by atoms with E-state index in [0.717, 1.165) is 5.56 Å². The number of para-hydroxylation sites is 2. The summed E-state index contributed by atoms with van der Waals surface area (Å²) in [4.78, 5) is 12.9. The van der Waals surface area contributed by atoms with E-state index in [-0.39, 0.29) is 22.9 Å². The Morgan fingerprint density at radius 1 is 1.06 bits per heavy atom. The van der Waals surface area contributed by atoms with Crippen LogP contribution >= 0.6 is 0 Å². The van der Waals surface area contributed by atoms with Crippen LogP contribution in [0.25, 0.3) is 0 Å². The number of hydrogen-bond donors (Lipinski definition) is 1. The number of nitro benzene ring substituents is 1. The molecular formula is C22H21N3O6S. The van der Waals surface area contributed by atoms with Gasteiger partial charge in [-0.3, -0.25) is 10.1 Å². The van der Waals surface area contributed by atoms with Crippen LogP contribution in [-0.4, -0.2) is 26.7 Å². The molecule has 0 spiro atoms. The van der Waals surface area contributed by atoms with Gasteiger partial charge in [-0.2, -0.15) is 13.5 Å². The second kappa shape index (κ2) is 9.92. The third-order valence-corrected chi connectivity index (χ3v) is 5.71. The molecule has 0 unspecified atom stereocenters. The van der Waals surface area contributed by atoms with Crippen molar-refractivity contribution in [1.29, 1.82) is 0 Å². The normalized spacial score (nSPS) is 11.3. The van der Waals surface area contributed by atoms with Crippen molar-refractivity contribution in [3.63, 3.8) is 0 Å². The third-order valence-electron chi connectivity index (χ3n) is 4.47. The smallest absolute Gasteiger partial charge is 0.310 e. The van der Waals surface area contributed by atoms with Gasteiger partial charge in [0.15, 0.2) is 5.75 Å². The second-order valence-electron chi connectivity index (χ2n) is 6.75. The first-order chi connectivity index (χ1) is 15.3. The number of ether oxygens (including phenoxy) is 2. The predicted molar refractivity (Wildman–Crippen MR) is 120 cm³/mol. The molecule has 0 amide bonds. The Kier molecular flexibility index (Phi) is 7.06. The van der Waals surface area contributed by atoms with Gasteiger partial charge in [0.2, 0.25) is 0 Å². The van der Waals surface area contributed by atoms with Crippen LogP contribution in [0.3, 0.4) is 0 Å². The van der Waals surface area contributed by atoms with Crippen LogP contribution in [0.5, 0.6) is 11.5 Å². The maximum absolute atomic E-state index is 12.3. The van der Waals surface area contributed by atoms with Crippen LogP contribution in [0.2, 0.25) is 0 Å². The molecule has 32 heavy (non-hydrogen) atoms. The van der Waals surface area contributed by atoms with Gasteiger partial charge in [0.25, 0.3) is 10.0 Å². The van der Waals surface area contributed by atoms with Crippen LogP contribution < -0.4 is 14.3 Å². The first-order valence-electron chi connectivity index (χ1n) is 9.45. The Hall–Kier alpha value is -3.92. The van der Waals surface area contributed by atoms with Crippen LogP contribution in [-0.2, 0) is 16.6 Å². The average molecular weight is 455 g/mol. The van der Waals surface area contributed by atoms with Crippen molar-refractivity contribution in [1.82, 2.24) is 4.83 Å². The molecule has 3 aromatic carbocycles. The molecule has 0 aromatic heterocycles. The van der Waals surface area contributed by atoms with Crippen molar-refractivity contribution in [3.05, 3.63) is 93.5 Å². The van der Waals surface area contributed by atoms with Gasteiger partial charge in [-0.1, -0.05) is 29.8 Å². The van der Waals surface area contributed by atoms with Crippen molar-refractivity contribution in [3.8, 4) is 11.5 Å². The molecule has 9 nitrogen and oxygen atoms in total. The van der Waals surface area contributed by atoms with Gasteiger partial charge in [-0.25, -0.2) is 4.83 Å². The molecule has 1 N–H and O–H groups in total. The van der Waals surface area contributed by atoms with E-state index < -0.39 is 14.9 Å². The summed E-state index contributed by atoms with van der Waals surface area (Å²) in [6, 6.07) is 17.5. The molecule has 166 valence electrons. The SMILES string of the molecule is COc1ccc(/C=N\NS(=O)(=O)c2ccc(C)cc2)cc1COc1ccccc1[N+](=O)[O-]. The van der Waals surface area contributed by atoms with Gasteiger partial charge in [-0.15, -0.1) is 0 Å². The minimum Gasteiger partial charge on any atom is -0.496 e. The quantitative estimate of drug-likeness (QED) is 0.298. The number of aryl methyl sites for hydroxylation is 1. The lowest BCUT2D eigenvalue weighted by atomic mass is 10.1. The van der Waals surface area contributed by atoms with E-state index in [9.17, 15) is 18.5 Å². The number of rotatable bonds is 9. The van der Waals surface area contributed by atoms with E-state index in [1.54, 1.807) is 42.5 Å². The molecule has 0 heterocycles. The van der Waals surface area contributed by atoms with E-state index in [2.05, 4.69) is 9.93 Å². The summed E-state index contributed by atoms with van der Waals surface area (Å²) in [5.74, 6) is 0.644. The van der Waals surface area contributed by atoms with Crippen molar-refractivity contribution >= 4 is 21.9 Å². The zero-order chi connectivity index (χ0) is 23.1. The fraction of sp³-hybridized carbons (Fsp3) is 0.136. The monoisotopic (exact) mass is 455 g/mol. The minimum absolute atomic E-state index is 0.00476. The van der Waals surface area contributed by atoms with E-state index in [1.165, 1.54) is 37.6 Å². The maximum atomic E-state index is 12.3. The largest absolute Gasteiger partial charge is 0.496 e. The molecule has 0 aliphatic carbocycles. The molecule has 0 radical (unpaired) electrons. The Bertz CT molecular complexity index is 1240. The summed E-state index contributed by atoms with van der Waals surface area (Å²) in [5, 5.41) is 15.0. The lowest BCUT2D eigenvalue weighted by Gasteiger charge is -2.11. The number of methoxy groups -OCH3 is 1. The van der Waals surface area contributed by atoms with Gasteiger partial charge in [0.05, 0.1) is 23.1 Å². The number of nitrogens with zero attached hydrogens (tertiary/aromatic N) is 2. The summed E-state index contributed by atoms with van der Waals surface area (Å²) in [6.45, 7) is 1.87. The highest BCUT2D eigenvalue weighted by Gasteiger charge is 2.15. The van der Waals surface area contributed by atoms with Crippen LogP contribution in [0.1, 0.15) is 16.7 Å². The standard InChI is InChI=1S/C22H21N3O6S/c1-16-7-10-19(11-8-16)32(28,29)24-23-14-17-9-12-21(30-2)18(13-17)15-31-22-6-4-3-5-20(22)25(26)27/h3-14,24H,15H2,1-2H3/b23-14-. The van der Waals surface area contributed by atoms with E-state index in [0.29, 0.717) is 16.9 Å². The van der Waals surface area contributed by atoms with Gasteiger partial charge in [0.1, 0.15) is 12.4 Å². The highest BCUT2D eigenvalue weighted by atomic mass is 32.2. The molecule has 3 rings (SSSR count). The van der Waals surface area contributed by atoms with Gasteiger partial charge >= 0.3 is 5.69 Å². The van der Waals surface area contributed by atoms with Gasteiger partial charge in [0, 0.05) is 11.6 Å². The topological polar surface area (TPSA) is 120 Å². The Morgan fingerprint density at radius 2 is 1.78 bits per heavy atom. The summed E-state index contributed by atoms with van der Waals surface area (Å²) in [7, 11) is -2.30. The molecule has 0 fully saturated rings. The van der Waals surface area contributed by atoms with E-state index >= 15 is 0 Å². The van der Waals surface area contributed by atoms with Crippen molar-refractivity contribution < 1.29 is 22.8 Å². The van der Waals surface area contributed by atoms with Crippen molar-refractivity contribution in [2.24, 2.45) is 5.10 Å². The Morgan fingerprint density at radius 3 is 2.47 bits per heavy atom. The highest BCUT2D eigenvalue weighted by Crippen LogP contribution is 2.28. The first-order valence-corrected chi connectivity index (χ1v) is 10.9. The molecule has 0 atom stereocenters. The van der Waals surface area contributed by atoms with Gasteiger partial charge in [-0.05, 0) is 48.9 Å². The predicted octanol–water partition coefficient (Wildman–Crippen LogP) is 3.80. The average Bonchev–Trinajstić information content (AvgIpc) is 2.78. The third kappa shape index (κ3) is 5.61. The Balaban J connectivity index is 1.74. The maximum Gasteiger partial charge on any atom is 0.310 e. The number of hydrazone groups is 1. The van der Waals surface area contributed by atoms with Crippen LogP contribution in [0.15, 0.2) is 76.7 Å². The number of hydrogen-bond acceptors (Lipinski definition) is 7. The molecule has 3 aromatic rings. The van der Waals surface area contributed by atoms with Gasteiger partial charge < -0.3 is 9.47 Å². The lowest BCUT2D eigenvalue weighted by molar-refractivity contribution is -0.385. The molecule has 0 bridgehead atoms. The summed E-state index contributed by atoms with van der Waals surface area (Å²) >= 11 is 0. The fourth-order valence-electron chi connectivity index (χ4n) is 2.82. The number of benzene rings is 3. The molecular weight excluding hydrogens is 434 g/mol. The molecule has 10 heteroatoms. The zero-order valence-corrected chi connectivity index (χ0v) is 18.2. The summed E-state index contributed by atoms with van der Waals surface area (Å²) in [5.41, 5.74) is 1.99. The minimum atomic E-state index is -3.79. The van der Waals surface area contributed by atoms with E-state index in [4.69, 9.17) is 9.47 Å². The zero-order valence-electron chi connectivity index (χ0n) is 17.4. The molecule has 0 aliphatic heterocycles. The fourth-order valence-corrected chi connectivity index (χ4v) is 3.61. The molecule has 0 aliphatic rings. The summed E-state index contributed by atoms with van der Waals surface area (Å²) < 4.78 is 35.6. The van der Waals surface area contributed by atoms with Crippen LogP contribution in [0.4, 0.5) is 5.69 Å². The number of sulfonamides is 1. The lowest BCUT2D eigenvalue weighted by Crippen LogP contribution is -2.18. The van der Waals surface area contributed by atoms with Crippen molar-refractivity contribution in [2.45, 2.75) is 18.4 Å². The number of nitro groups is 1. The molecule has 0 saturated heterocycles. The van der Waals surface area contributed by atoms with Crippen molar-refractivity contribution in [2.75, 3.05) is 7.11 Å². The van der Waals surface area contributed by atoms with E-state index in [1.807, 2.05) is 6.92 Å². The second-order valence-corrected chi connectivity index (χ2v) is 8.41. The highest BCUT2D eigenvalue weighted by molar-refractivity contribution is 7.89. The first kappa shape index (κ1) is 22.8. The van der Waals surface area contributed by atoms with Crippen LogP contribution in [0, 0.1) is 17.0 Å². The number of nitrogens with one attached hydrogen (secondary N) is 1. The molecule has 0 saturated carbocycles. The Labute approximate surface area is 185 Å². The summed E-state index contributed by atoms with van der Waals surface area (Å²) in [6.07, 6.45) is 1.35.